The third-order valence-electron chi connectivity index (χ3n) is 3.39. The number of carbonyl (C=O) groups is 2. The minimum absolute atomic E-state index is 0.132. The third-order valence-corrected chi connectivity index (χ3v) is 4.26. The van der Waals surface area contributed by atoms with Crippen LogP contribution in [0.25, 0.3) is 0 Å². The Kier molecular flexibility index (Phi) is 5.04. The third kappa shape index (κ3) is 3.93. The Bertz CT molecular complexity index is 952. The van der Waals surface area contributed by atoms with Gasteiger partial charge in [-0.15, -0.1) is 11.3 Å². The van der Waals surface area contributed by atoms with E-state index in [9.17, 15) is 19.7 Å². The van der Waals surface area contributed by atoms with E-state index in [0.717, 1.165) is 0 Å². The number of nitrogens with one attached hydrogen (secondary N) is 1. The van der Waals surface area contributed by atoms with Crippen LogP contribution in [0.15, 0.2) is 66.0 Å². The lowest BCUT2D eigenvalue weighted by Crippen LogP contribution is -2.12. The molecule has 7 nitrogen and oxygen atoms in total. The highest BCUT2D eigenvalue weighted by molar-refractivity contribution is 7.12. The minimum Gasteiger partial charge on any atom is -0.423 e. The number of hydrogen-bond donors (Lipinski definition) is 1. The maximum absolute atomic E-state index is 12.2. The van der Waals surface area contributed by atoms with Crippen LogP contribution in [0.3, 0.4) is 0 Å². The normalized spacial score (nSPS) is 10.2. The molecule has 0 aliphatic carbocycles. The molecule has 2 aromatic carbocycles. The van der Waals surface area contributed by atoms with Crippen molar-refractivity contribution in [1.82, 2.24) is 0 Å². The smallest absolute Gasteiger partial charge is 0.350 e. The van der Waals surface area contributed by atoms with Crippen molar-refractivity contribution in [2.75, 3.05) is 5.32 Å². The molecular formula is C18H12N2O5S. The van der Waals surface area contributed by atoms with Gasteiger partial charge in [-0.1, -0.05) is 18.2 Å². The van der Waals surface area contributed by atoms with Gasteiger partial charge in [0.1, 0.15) is 11.3 Å². The van der Waals surface area contributed by atoms with E-state index in [-0.39, 0.29) is 22.9 Å². The summed E-state index contributed by atoms with van der Waals surface area (Å²) in [6.45, 7) is 0. The van der Waals surface area contributed by atoms with Crippen molar-refractivity contribution in [3.63, 3.8) is 0 Å². The Morgan fingerprint density at radius 2 is 1.73 bits per heavy atom. The van der Waals surface area contributed by atoms with Crippen LogP contribution < -0.4 is 10.1 Å². The zero-order chi connectivity index (χ0) is 18.5. The largest absolute Gasteiger partial charge is 0.423 e. The lowest BCUT2D eigenvalue weighted by molar-refractivity contribution is -0.385. The molecular weight excluding hydrogens is 356 g/mol. The predicted molar refractivity (Wildman–Crippen MR) is 96.8 cm³/mol. The highest BCUT2D eigenvalue weighted by Gasteiger charge is 2.21. The zero-order valence-electron chi connectivity index (χ0n) is 13.2. The summed E-state index contributed by atoms with van der Waals surface area (Å²) in [7, 11) is 0. The van der Waals surface area contributed by atoms with Gasteiger partial charge >= 0.3 is 5.97 Å². The molecule has 0 bridgehead atoms. The van der Waals surface area contributed by atoms with Gasteiger partial charge in [-0.25, -0.2) is 4.79 Å². The molecule has 0 radical (unpaired) electrons. The summed E-state index contributed by atoms with van der Waals surface area (Å²) in [4.78, 5) is 35.1. The molecule has 0 aliphatic heterocycles. The molecule has 1 aromatic heterocycles. The van der Waals surface area contributed by atoms with Gasteiger partial charge in [0.05, 0.1) is 9.80 Å². The monoisotopic (exact) mass is 368 g/mol. The standard InChI is InChI=1S/C18H12N2O5S/c21-17(16-6-3-11-26-16)19-12-7-9-13(10-8-12)25-18(22)14-4-1-2-5-15(14)20(23)24/h1-11H,(H,19,21). The predicted octanol–water partition coefficient (Wildman–Crippen LogP) is 4.13. The van der Waals surface area contributed by atoms with E-state index < -0.39 is 10.9 Å². The molecule has 26 heavy (non-hydrogen) atoms. The summed E-state index contributed by atoms with van der Waals surface area (Å²) in [6, 6.07) is 15.2. The molecule has 3 rings (SSSR count). The van der Waals surface area contributed by atoms with Gasteiger partial charge in [-0.2, -0.15) is 0 Å². The Hall–Kier alpha value is -3.52. The van der Waals surface area contributed by atoms with Crippen molar-refractivity contribution < 1.29 is 19.2 Å². The van der Waals surface area contributed by atoms with Gasteiger partial charge < -0.3 is 10.1 Å². The number of anilines is 1. The molecule has 0 saturated carbocycles. The van der Waals surface area contributed by atoms with Gasteiger partial charge in [0.15, 0.2) is 0 Å². The van der Waals surface area contributed by atoms with Crippen LogP contribution >= 0.6 is 11.3 Å². The fourth-order valence-electron chi connectivity index (χ4n) is 2.17. The summed E-state index contributed by atoms with van der Waals surface area (Å²) < 4.78 is 5.17. The first-order valence-electron chi connectivity index (χ1n) is 7.45. The van der Waals surface area contributed by atoms with E-state index in [1.165, 1.54) is 47.7 Å². The van der Waals surface area contributed by atoms with Crippen molar-refractivity contribution in [2.45, 2.75) is 0 Å². The van der Waals surface area contributed by atoms with Crippen molar-refractivity contribution in [2.24, 2.45) is 0 Å². The minimum atomic E-state index is -0.826. The van der Waals surface area contributed by atoms with E-state index in [1.54, 1.807) is 29.6 Å². The number of esters is 1. The Labute approximate surface area is 152 Å². The molecule has 0 spiro atoms. The topological polar surface area (TPSA) is 98.5 Å². The first-order valence-corrected chi connectivity index (χ1v) is 8.33. The zero-order valence-corrected chi connectivity index (χ0v) is 14.1. The van der Waals surface area contributed by atoms with E-state index in [1.807, 2.05) is 0 Å². The summed E-state index contributed by atoms with van der Waals surface area (Å²) in [5.41, 5.74) is 0.0822. The molecule has 0 saturated heterocycles. The molecule has 8 heteroatoms. The van der Waals surface area contributed by atoms with Gasteiger partial charge in [0.25, 0.3) is 11.6 Å². The van der Waals surface area contributed by atoms with Crippen LogP contribution in [-0.4, -0.2) is 16.8 Å². The van der Waals surface area contributed by atoms with Crippen molar-refractivity contribution in [1.29, 1.82) is 0 Å². The first kappa shape index (κ1) is 17.3. The lowest BCUT2D eigenvalue weighted by atomic mass is 10.2. The number of amides is 1. The average molecular weight is 368 g/mol. The second-order valence-corrected chi connectivity index (χ2v) is 6.07. The SMILES string of the molecule is O=C(Nc1ccc(OC(=O)c2ccccc2[N+](=O)[O-])cc1)c1cccs1. The van der Waals surface area contributed by atoms with E-state index in [0.29, 0.717) is 10.6 Å². The van der Waals surface area contributed by atoms with Crippen LogP contribution in [-0.2, 0) is 0 Å². The molecule has 1 N–H and O–H groups in total. The maximum Gasteiger partial charge on any atom is 0.350 e. The number of benzene rings is 2. The van der Waals surface area contributed by atoms with E-state index in [4.69, 9.17) is 4.74 Å². The molecule has 130 valence electrons. The molecule has 1 amide bonds. The Balaban J connectivity index is 1.69. The molecule has 0 aliphatic rings. The van der Waals surface area contributed by atoms with Gasteiger partial charge in [-0.3, -0.25) is 14.9 Å². The molecule has 0 unspecified atom stereocenters. The van der Waals surface area contributed by atoms with Crippen molar-refractivity contribution in [3.8, 4) is 5.75 Å². The summed E-state index contributed by atoms with van der Waals surface area (Å²) in [5.74, 6) is -0.848. The summed E-state index contributed by atoms with van der Waals surface area (Å²) in [6.07, 6.45) is 0. The first-order chi connectivity index (χ1) is 12.5. The Morgan fingerprint density at radius 1 is 1.00 bits per heavy atom. The maximum atomic E-state index is 12.2. The number of para-hydroxylation sites is 1. The van der Waals surface area contributed by atoms with Crippen LogP contribution in [0.1, 0.15) is 20.0 Å². The van der Waals surface area contributed by atoms with E-state index in [2.05, 4.69) is 5.32 Å². The van der Waals surface area contributed by atoms with Crippen LogP contribution in [0, 0.1) is 10.1 Å². The van der Waals surface area contributed by atoms with Crippen molar-refractivity contribution in [3.05, 3.63) is 86.6 Å². The number of nitro groups is 1. The highest BCUT2D eigenvalue weighted by Crippen LogP contribution is 2.22. The van der Waals surface area contributed by atoms with Gasteiger partial charge in [-0.05, 0) is 41.8 Å². The fourth-order valence-corrected chi connectivity index (χ4v) is 2.79. The number of nitro benzene ring substituents is 1. The highest BCUT2D eigenvalue weighted by atomic mass is 32.1. The van der Waals surface area contributed by atoms with Gasteiger partial charge in [0.2, 0.25) is 0 Å². The number of nitrogens with zero attached hydrogens (tertiary/aromatic N) is 1. The molecule has 0 atom stereocenters. The molecule has 3 aromatic rings. The molecule has 0 fully saturated rings. The number of rotatable bonds is 5. The second-order valence-electron chi connectivity index (χ2n) is 5.12. The fraction of sp³-hybridized carbons (Fsp3) is 0. The van der Waals surface area contributed by atoms with Crippen LogP contribution in [0.5, 0.6) is 5.75 Å². The quantitative estimate of drug-likeness (QED) is 0.316. The Morgan fingerprint density at radius 3 is 2.38 bits per heavy atom. The van der Waals surface area contributed by atoms with E-state index >= 15 is 0 Å². The van der Waals surface area contributed by atoms with Crippen LogP contribution in [0.4, 0.5) is 11.4 Å². The second kappa shape index (κ2) is 7.58. The number of thiophene rings is 1. The molecule has 1 heterocycles. The lowest BCUT2D eigenvalue weighted by Gasteiger charge is -2.07. The van der Waals surface area contributed by atoms with Gasteiger partial charge in [0, 0.05) is 11.8 Å². The summed E-state index contributed by atoms with van der Waals surface area (Å²) >= 11 is 1.33. The average Bonchev–Trinajstić information content (AvgIpc) is 3.18. The van der Waals surface area contributed by atoms with Crippen LogP contribution in [0.2, 0.25) is 0 Å². The number of hydrogen-bond acceptors (Lipinski definition) is 6. The summed E-state index contributed by atoms with van der Waals surface area (Å²) in [5, 5.41) is 15.5. The number of carbonyl (C=O) groups excluding carboxylic acids is 2. The number of ether oxygens (including phenoxy) is 1. The van der Waals surface area contributed by atoms with Crippen molar-refractivity contribution >= 4 is 34.6 Å².